The number of amides is 2. The summed E-state index contributed by atoms with van der Waals surface area (Å²) in [6.07, 6.45) is 0. The van der Waals surface area contributed by atoms with Crippen LogP contribution in [0.15, 0.2) is 24.3 Å². The fourth-order valence-electron chi connectivity index (χ4n) is 1.96. The Hall–Kier alpha value is -2.56. The highest BCUT2D eigenvalue weighted by Crippen LogP contribution is 2.17. The zero-order valence-electron chi connectivity index (χ0n) is 15.5. The van der Waals surface area contributed by atoms with E-state index in [1.165, 1.54) is 0 Å². The molecular formula is C17H23N5O4S. The van der Waals surface area contributed by atoms with Crippen molar-refractivity contribution in [2.24, 2.45) is 0 Å². The number of nitrogens with one attached hydrogen (secondary N) is 2. The van der Waals surface area contributed by atoms with Gasteiger partial charge in [-0.3, -0.25) is 9.59 Å². The van der Waals surface area contributed by atoms with Crippen LogP contribution < -0.4 is 15.4 Å². The van der Waals surface area contributed by atoms with Crippen LogP contribution in [0.5, 0.6) is 5.75 Å². The Balaban J connectivity index is 1.75. The smallest absolute Gasteiger partial charge is 0.286 e. The number of rotatable bonds is 10. The molecule has 2 N–H and O–H groups in total. The minimum Gasteiger partial charge on any atom is -0.497 e. The Morgan fingerprint density at radius 2 is 1.93 bits per heavy atom. The summed E-state index contributed by atoms with van der Waals surface area (Å²) in [5, 5.41) is 14.0. The van der Waals surface area contributed by atoms with E-state index in [0.717, 1.165) is 17.9 Å². The highest BCUT2D eigenvalue weighted by molar-refractivity contribution is 7.13. The summed E-state index contributed by atoms with van der Waals surface area (Å²) < 4.78 is 10.4. The van der Waals surface area contributed by atoms with Gasteiger partial charge in [0.1, 0.15) is 24.0 Å². The molecule has 2 aromatic rings. The average Bonchev–Trinajstić information content (AvgIpc) is 3.11. The van der Waals surface area contributed by atoms with Crippen LogP contribution in [0.3, 0.4) is 0 Å². The highest BCUT2D eigenvalue weighted by atomic mass is 32.1. The predicted molar refractivity (Wildman–Crippen MR) is 102 cm³/mol. The third kappa shape index (κ3) is 7.29. The first-order chi connectivity index (χ1) is 13.0. The molecule has 0 aliphatic rings. The fraction of sp³-hybridized carbons (Fsp3) is 0.412. The van der Waals surface area contributed by atoms with E-state index in [2.05, 4.69) is 20.8 Å². The quantitative estimate of drug-likeness (QED) is 0.620. The number of hydrogen-bond donors (Lipinski definition) is 2. The summed E-state index contributed by atoms with van der Waals surface area (Å²) >= 11 is 1.12. The molecule has 0 unspecified atom stereocenters. The number of likely N-dealkylation sites (N-methyl/N-ethyl adjacent to an activating group) is 1. The van der Waals surface area contributed by atoms with Crippen LogP contribution in [0.25, 0.3) is 0 Å². The maximum Gasteiger partial charge on any atom is 0.286 e. The third-order valence-corrected chi connectivity index (χ3v) is 4.24. The van der Waals surface area contributed by atoms with Crippen LogP contribution in [0.1, 0.15) is 14.8 Å². The Labute approximate surface area is 161 Å². The van der Waals surface area contributed by atoms with E-state index in [-0.39, 0.29) is 30.0 Å². The van der Waals surface area contributed by atoms with Gasteiger partial charge in [0, 0.05) is 18.8 Å². The Bertz CT molecular complexity index is 748. The zero-order chi connectivity index (χ0) is 19.6. The van der Waals surface area contributed by atoms with Gasteiger partial charge in [-0.05, 0) is 38.4 Å². The van der Waals surface area contributed by atoms with Gasteiger partial charge in [-0.25, -0.2) is 0 Å². The lowest BCUT2D eigenvalue weighted by Gasteiger charge is -2.10. The molecule has 0 fully saturated rings. The second kappa shape index (κ2) is 10.6. The Kier molecular flexibility index (Phi) is 8.11. The number of aromatic nitrogens is 2. The van der Waals surface area contributed by atoms with Gasteiger partial charge >= 0.3 is 0 Å². The number of ether oxygens (including phenoxy) is 2. The number of hydrogen-bond acceptors (Lipinski definition) is 8. The van der Waals surface area contributed by atoms with Crippen molar-refractivity contribution in [3.63, 3.8) is 0 Å². The van der Waals surface area contributed by atoms with Gasteiger partial charge in [-0.2, -0.15) is 0 Å². The summed E-state index contributed by atoms with van der Waals surface area (Å²) in [6.45, 7) is 1.37. The van der Waals surface area contributed by atoms with Crippen molar-refractivity contribution in [3.8, 4) is 5.75 Å². The first-order valence-corrected chi connectivity index (χ1v) is 9.06. The number of carbonyl (C=O) groups excluding carboxylic acids is 2. The number of benzene rings is 1. The minimum absolute atomic E-state index is 0.0691. The molecule has 1 aromatic carbocycles. The molecule has 10 heteroatoms. The van der Waals surface area contributed by atoms with Crippen LogP contribution in [0.2, 0.25) is 0 Å². The van der Waals surface area contributed by atoms with Crippen LogP contribution in [-0.2, 0) is 16.1 Å². The number of methoxy groups -OCH3 is 1. The number of anilines is 1. The summed E-state index contributed by atoms with van der Waals surface area (Å²) in [7, 11) is 5.44. The topological polar surface area (TPSA) is 106 Å². The van der Waals surface area contributed by atoms with Crippen LogP contribution in [-0.4, -0.2) is 67.8 Å². The molecule has 0 saturated heterocycles. The first-order valence-electron chi connectivity index (χ1n) is 8.25. The van der Waals surface area contributed by atoms with Gasteiger partial charge in [0.25, 0.3) is 5.91 Å². The zero-order valence-corrected chi connectivity index (χ0v) is 16.3. The lowest BCUT2D eigenvalue weighted by atomic mass is 10.3. The minimum atomic E-state index is -0.356. The fourth-order valence-corrected chi connectivity index (χ4v) is 2.64. The SMILES string of the molecule is COc1ccc(NC(=O)c2nnc(COCC(=O)NCCN(C)C)s2)cc1. The van der Waals surface area contributed by atoms with Crippen LogP contribution in [0.4, 0.5) is 5.69 Å². The van der Waals surface area contributed by atoms with Gasteiger partial charge in [0.15, 0.2) is 0 Å². The molecule has 2 rings (SSSR count). The summed E-state index contributed by atoms with van der Waals surface area (Å²) in [5.74, 6) is 0.151. The molecular weight excluding hydrogens is 370 g/mol. The summed E-state index contributed by atoms with van der Waals surface area (Å²) in [5.41, 5.74) is 0.628. The van der Waals surface area contributed by atoms with Crippen LogP contribution in [0, 0.1) is 0 Å². The second-order valence-corrected chi connectivity index (χ2v) is 6.89. The van der Waals surface area contributed by atoms with Crippen molar-refractivity contribution < 1.29 is 19.1 Å². The molecule has 1 aromatic heterocycles. The maximum atomic E-state index is 12.2. The predicted octanol–water partition coefficient (Wildman–Crippen LogP) is 0.993. The van der Waals surface area contributed by atoms with E-state index in [4.69, 9.17) is 9.47 Å². The molecule has 0 saturated carbocycles. The van der Waals surface area contributed by atoms with E-state index in [0.29, 0.717) is 23.0 Å². The van der Waals surface area contributed by atoms with Gasteiger partial charge in [0.05, 0.1) is 7.11 Å². The average molecular weight is 393 g/mol. The van der Waals surface area contributed by atoms with E-state index in [9.17, 15) is 9.59 Å². The lowest BCUT2D eigenvalue weighted by Crippen LogP contribution is -2.33. The molecule has 146 valence electrons. The molecule has 0 bridgehead atoms. The highest BCUT2D eigenvalue weighted by Gasteiger charge is 2.13. The van der Waals surface area contributed by atoms with Crippen molar-refractivity contribution in [2.45, 2.75) is 6.61 Å². The van der Waals surface area contributed by atoms with Crippen molar-refractivity contribution in [1.29, 1.82) is 0 Å². The molecule has 27 heavy (non-hydrogen) atoms. The molecule has 0 aliphatic heterocycles. The molecule has 0 radical (unpaired) electrons. The first kappa shape index (κ1) is 20.7. The van der Waals surface area contributed by atoms with Crippen molar-refractivity contribution >= 4 is 28.8 Å². The molecule has 1 heterocycles. The van der Waals surface area contributed by atoms with Gasteiger partial charge in [-0.15, -0.1) is 10.2 Å². The van der Waals surface area contributed by atoms with Crippen molar-refractivity contribution in [3.05, 3.63) is 34.3 Å². The lowest BCUT2D eigenvalue weighted by molar-refractivity contribution is -0.126. The van der Waals surface area contributed by atoms with E-state index in [1.54, 1.807) is 31.4 Å². The Morgan fingerprint density at radius 3 is 2.59 bits per heavy atom. The van der Waals surface area contributed by atoms with E-state index >= 15 is 0 Å². The molecule has 0 atom stereocenters. The summed E-state index contributed by atoms with van der Waals surface area (Å²) in [6, 6.07) is 6.96. The normalized spacial score (nSPS) is 10.7. The van der Waals surface area contributed by atoms with Gasteiger partial charge in [-0.1, -0.05) is 11.3 Å². The van der Waals surface area contributed by atoms with Gasteiger partial charge < -0.3 is 25.0 Å². The Morgan fingerprint density at radius 1 is 1.19 bits per heavy atom. The molecule has 2 amide bonds. The van der Waals surface area contributed by atoms with E-state index in [1.807, 2.05) is 19.0 Å². The summed E-state index contributed by atoms with van der Waals surface area (Å²) in [4.78, 5) is 25.8. The maximum absolute atomic E-state index is 12.2. The largest absolute Gasteiger partial charge is 0.497 e. The van der Waals surface area contributed by atoms with Crippen LogP contribution >= 0.6 is 11.3 Å². The molecule has 9 nitrogen and oxygen atoms in total. The van der Waals surface area contributed by atoms with Crippen molar-refractivity contribution in [2.75, 3.05) is 46.2 Å². The second-order valence-electron chi connectivity index (χ2n) is 5.83. The standard InChI is InChI=1S/C17H23N5O4S/c1-22(2)9-8-18-14(23)10-26-11-15-20-21-17(27-15)16(24)19-12-4-6-13(25-3)7-5-12/h4-7H,8-11H2,1-3H3,(H,18,23)(H,19,24). The number of nitrogens with zero attached hydrogens (tertiary/aromatic N) is 3. The monoisotopic (exact) mass is 393 g/mol. The van der Waals surface area contributed by atoms with E-state index < -0.39 is 0 Å². The number of carbonyl (C=O) groups is 2. The molecule has 0 spiro atoms. The van der Waals surface area contributed by atoms with Gasteiger partial charge in [0.2, 0.25) is 10.9 Å². The molecule has 0 aliphatic carbocycles. The van der Waals surface area contributed by atoms with Crippen molar-refractivity contribution in [1.82, 2.24) is 20.4 Å². The third-order valence-electron chi connectivity index (χ3n) is 3.35.